The lowest BCUT2D eigenvalue weighted by Gasteiger charge is -1.95. The molecule has 0 aromatic carbocycles. The number of nitrogens with one attached hydrogen (secondary N) is 2. The molecule has 2 aromatic rings. The van der Waals surface area contributed by atoms with Gasteiger partial charge in [0.2, 0.25) is 0 Å². The molecule has 2 aromatic heterocycles. The summed E-state index contributed by atoms with van der Waals surface area (Å²) in [6, 6.07) is 6.36. The summed E-state index contributed by atoms with van der Waals surface area (Å²) >= 11 is 0. The molecule has 0 spiro atoms. The van der Waals surface area contributed by atoms with Crippen LogP contribution in [0.4, 0.5) is 0 Å². The Kier molecular flexibility index (Phi) is 6.33. The zero-order chi connectivity index (χ0) is 16.3. The summed E-state index contributed by atoms with van der Waals surface area (Å²) in [5.74, 6) is -0.370. The lowest BCUT2D eigenvalue weighted by Crippen LogP contribution is -2.16. The fraction of sp³-hybridized carbons (Fsp3) is 0.200. The summed E-state index contributed by atoms with van der Waals surface area (Å²) in [5.41, 5.74) is 4.71. The fourth-order valence-electron chi connectivity index (χ4n) is 1.56. The summed E-state index contributed by atoms with van der Waals surface area (Å²) < 4.78 is 9.84. The topological polar surface area (TPSA) is 109 Å². The van der Waals surface area contributed by atoms with Gasteiger partial charge >= 0.3 is 11.8 Å². The number of amides is 2. The molecule has 8 nitrogen and oxygen atoms in total. The number of hydrazone groups is 2. The Labute approximate surface area is 132 Å². The smallest absolute Gasteiger partial charge is 0.307 e. The van der Waals surface area contributed by atoms with Crippen molar-refractivity contribution < 1.29 is 18.4 Å². The van der Waals surface area contributed by atoms with Crippen molar-refractivity contribution in [3.8, 4) is 0 Å². The second-order valence-electron chi connectivity index (χ2n) is 4.39. The highest BCUT2D eigenvalue weighted by atomic mass is 16.3. The van der Waals surface area contributed by atoms with Crippen LogP contribution in [0, 0.1) is 0 Å². The number of hydrogen-bond acceptors (Lipinski definition) is 6. The Hall–Kier alpha value is -3.16. The number of carbonyl (C=O) groups excluding carboxylic acids is 2. The van der Waals surface area contributed by atoms with Gasteiger partial charge in [0, 0.05) is 12.4 Å². The number of nitrogens with zero attached hydrogens (tertiary/aromatic N) is 2. The molecule has 0 unspecified atom stereocenters. The Morgan fingerprint density at radius 2 is 1.39 bits per heavy atom. The van der Waals surface area contributed by atoms with Crippen molar-refractivity contribution in [2.45, 2.75) is 19.3 Å². The van der Waals surface area contributed by atoms with Gasteiger partial charge in [-0.1, -0.05) is 0 Å². The minimum atomic E-state index is -0.395. The fourth-order valence-corrected chi connectivity index (χ4v) is 1.56. The van der Waals surface area contributed by atoms with Crippen molar-refractivity contribution >= 4 is 24.2 Å². The van der Waals surface area contributed by atoms with E-state index in [2.05, 4.69) is 21.1 Å². The van der Waals surface area contributed by atoms with Crippen molar-refractivity contribution in [3.05, 3.63) is 48.3 Å². The predicted molar refractivity (Wildman–Crippen MR) is 83.2 cm³/mol. The average Bonchev–Trinajstić information content (AvgIpc) is 3.25. The van der Waals surface area contributed by atoms with E-state index in [0.717, 1.165) is 6.42 Å². The molecule has 0 bridgehead atoms. The van der Waals surface area contributed by atoms with Crippen molar-refractivity contribution in [1.82, 2.24) is 10.9 Å². The van der Waals surface area contributed by atoms with Crippen LogP contribution in [0.5, 0.6) is 0 Å². The molecule has 0 radical (unpaired) electrons. The van der Waals surface area contributed by atoms with Crippen LogP contribution in [0.2, 0.25) is 0 Å². The van der Waals surface area contributed by atoms with Crippen LogP contribution in [-0.2, 0) is 0 Å². The Morgan fingerprint density at radius 3 is 1.78 bits per heavy atom. The molecule has 2 heterocycles. The van der Waals surface area contributed by atoms with Crippen molar-refractivity contribution in [2.75, 3.05) is 0 Å². The third-order valence-corrected chi connectivity index (χ3v) is 2.67. The first-order chi connectivity index (χ1) is 11.3. The molecule has 0 saturated heterocycles. The van der Waals surface area contributed by atoms with E-state index in [9.17, 15) is 9.59 Å². The van der Waals surface area contributed by atoms with Crippen LogP contribution < -0.4 is 10.9 Å². The van der Waals surface area contributed by atoms with Crippen LogP contribution >= 0.6 is 0 Å². The van der Waals surface area contributed by atoms with Gasteiger partial charge in [-0.05, 0) is 43.5 Å². The third kappa shape index (κ3) is 5.62. The number of hydrogen-bond donors (Lipinski definition) is 2. The van der Waals surface area contributed by atoms with Gasteiger partial charge in [0.15, 0.2) is 11.5 Å². The molecule has 0 aliphatic heterocycles. The van der Waals surface area contributed by atoms with E-state index in [0.29, 0.717) is 12.8 Å². The molecule has 0 fully saturated rings. The van der Waals surface area contributed by atoms with E-state index in [1.807, 2.05) is 0 Å². The minimum absolute atomic E-state index is 0.210. The summed E-state index contributed by atoms with van der Waals surface area (Å²) in [7, 11) is 0. The highest BCUT2D eigenvalue weighted by Crippen LogP contribution is 1.99. The molecule has 2 rings (SSSR count). The standard InChI is InChI=1S/C15H16N4O4/c20-14(12-6-4-10-22-12)18-16-8-2-1-3-9-17-19-15(21)13-7-5-11-23-13/h4-11H,1-3H2,(H,18,20)(H,19,21). The van der Waals surface area contributed by atoms with Crippen molar-refractivity contribution in [3.63, 3.8) is 0 Å². The van der Waals surface area contributed by atoms with E-state index in [-0.39, 0.29) is 11.5 Å². The molecule has 120 valence electrons. The largest absolute Gasteiger partial charge is 0.459 e. The van der Waals surface area contributed by atoms with E-state index in [1.54, 1.807) is 36.7 Å². The van der Waals surface area contributed by atoms with Gasteiger partial charge in [0.05, 0.1) is 12.5 Å². The average molecular weight is 316 g/mol. The lowest BCUT2D eigenvalue weighted by atomic mass is 10.3. The van der Waals surface area contributed by atoms with Crippen LogP contribution in [0.15, 0.2) is 55.8 Å². The first-order valence-corrected chi connectivity index (χ1v) is 6.98. The molecule has 2 amide bonds. The zero-order valence-corrected chi connectivity index (χ0v) is 12.3. The van der Waals surface area contributed by atoms with E-state index < -0.39 is 11.8 Å². The maximum atomic E-state index is 11.5. The zero-order valence-electron chi connectivity index (χ0n) is 12.3. The molecule has 0 saturated carbocycles. The van der Waals surface area contributed by atoms with Crippen LogP contribution in [0.25, 0.3) is 0 Å². The molecule has 0 aliphatic carbocycles. The molecule has 0 aliphatic rings. The van der Waals surface area contributed by atoms with E-state index in [4.69, 9.17) is 8.83 Å². The van der Waals surface area contributed by atoms with Crippen LogP contribution in [0.1, 0.15) is 40.4 Å². The summed E-state index contributed by atoms with van der Waals surface area (Å²) in [4.78, 5) is 22.9. The van der Waals surface area contributed by atoms with Crippen LogP contribution in [-0.4, -0.2) is 24.2 Å². The van der Waals surface area contributed by atoms with Gasteiger partial charge in [0.1, 0.15) is 0 Å². The number of carbonyl (C=O) groups is 2. The SMILES string of the molecule is O=C(NN=CCCCC=NNC(=O)c1ccco1)c1ccco1. The minimum Gasteiger partial charge on any atom is -0.459 e. The highest BCUT2D eigenvalue weighted by Gasteiger charge is 2.06. The number of rotatable bonds is 8. The second kappa shape index (κ2) is 8.98. The van der Waals surface area contributed by atoms with Crippen molar-refractivity contribution in [2.24, 2.45) is 10.2 Å². The Balaban J connectivity index is 1.53. The lowest BCUT2D eigenvalue weighted by molar-refractivity contribution is 0.0920. The van der Waals surface area contributed by atoms with Gasteiger partial charge in [-0.15, -0.1) is 0 Å². The third-order valence-electron chi connectivity index (χ3n) is 2.67. The van der Waals surface area contributed by atoms with E-state index in [1.165, 1.54) is 12.5 Å². The molecular weight excluding hydrogens is 300 g/mol. The Morgan fingerprint density at radius 1 is 0.913 bits per heavy atom. The first kappa shape index (κ1) is 16.2. The van der Waals surface area contributed by atoms with E-state index >= 15 is 0 Å². The maximum Gasteiger partial charge on any atom is 0.307 e. The quantitative estimate of drug-likeness (QED) is 0.442. The van der Waals surface area contributed by atoms with Gasteiger partial charge < -0.3 is 8.83 Å². The second-order valence-corrected chi connectivity index (χ2v) is 4.39. The van der Waals surface area contributed by atoms with Gasteiger partial charge in [-0.3, -0.25) is 9.59 Å². The summed E-state index contributed by atoms with van der Waals surface area (Å²) in [5, 5.41) is 7.59. The summed E-state index contributed by atoms with van der Waals surface area (Å²) in [6.07, 6.45) is 8.13. The first-order valence-electron chi connectivity index (χ1n) is 6.98. The number of furan rings is 2. The normalized spacial score (nSPS) is 11.1. The molecule has 0 atom stereocenters. The highest BCUT2D eigenvalue weighted by molar-refractivity contribution is 5.92. The maximum absolute atomic E-state index is 11.5. The predicted octanol–water partition coefficient (Wildman–Crippen LogP) is 2.17. The van der Waals surface area contributed by atoms with Gasteiger partial charge in [-0.2, -0.15) is 10.2 Å². The molecular formula is C15H16N4O4. The van der Waals surface area contributed by atoms with Crippen molar-refractivity contribution in [1.29, 1.82) is 0 Å². The van der Waals surface area contributed by atoms with Gasteiger partial charge in [0.25, 0.3) is 0 Å². The Bertz CT molecular complexity index is 601. The molecule has 23 heavy (non-hydrogen) atoms. The van der Waals surface area contributed by atoms with Crippen LogP contribution in [0.3, 0.4) is 0 Å². The van der Waals surface area contributed by atoms with Gasteiger partial charge in [-0.25, -0.2) is 10.9 Å². The molecule has 2 N–H and O–H groups in total. The monoisotopic (exact) mass is 316 g/mol. The molecule has 8 heteroatoms. The summed E-state index contributed by atoms with van der Waals surface area (Å²) in [6.45, 7) is 0. The number of unbranched alkanes of at least 4 members (excludes halogenated alkanes) is 2.